The summed E-state index contributed by atoms with van der Waals surface area (Å²) in [6, 6.07) is 65.4. The predicted octanol–water partition coefficient (Wildman–Crippen LogP) is 13.1. The molecule has 3 heteroatoms. The van der Waals surface area contributed by atoms with Crippen molar-refractivity contribution in [1.82, 2.24) is 9.13 Å². The van der Waals surface area contributed by atoms with Crippen molar-refractivity contribution < 1.29 is 4.42 Å². The highest BCUT2D eigenvalue weighted by Gasteiger charge is 2.21. The normalized spacial score (nSPS) is 11.9. The molecule has 3 nitrogen and oxygen atoms in total. The van der Waals surface area contributed by atoms with Gasteiger partial charge in [-0.2, -0.15) is 0 Å². The molecule has 3 heterocycles. The quantitative estimate of drug-likeness (QED) is 0.186. The molecular formula is C48H30N2O. The lowest BCUT2D eigenvalue weighted by atomic mass is 9.98. The van der Waals surface area contributed by atoms with Gasteiger partial charge in [0.15, 0.2) is 0 Å². The Hall–Kier alpha value is -6.84. The van der Waals surface area contributed by atoms with Gasteiger partial charge in [0.2, 0.25) is 0 Å². The van der Waals surface area contributed by atoms with Gasteiger partial charge >= 0.3 is 0 Å². The number of hydrogen-bond acceptors (Lipinski definition) is 1. The number of para-hydroxylation sites is 5. The molecule has 11 aromatic rings. The molecule has 0 aliphatic rings. The minimum absolute atomic E-state index is 0.919. The lowest BCUT2D eigenvalue weighted by Gasteiger charge is -2.13. The summed E-state index contributed by atoms with van der Waals surface area (Å²) in [5.41, 5.74) is 13.6. The van der Waals surface area contributed by atoms with Crippen molar-refractivity contribution in [3.63, 3.8) is 0 Å². The first-order valence-corrected chi connectivity index (χ1v) is 17.4. The molecule has 0 atom stereocenters. The number of nitrogens with zero attached hydrogens (tertiary/aromatic N) is 2. The van der Waals surface area contributed by atoms with E-state index in [4.69, 9.17) is 4.42 Å². The average Bonchev–Trinajstić information content (AvgIpc) is 3.86. The lowest BCUT2D eigenvalue weighted by Crippen LogP contribution is -1.98. The highest BCUT2D eigenvalue weighted by molar-refractivity contribution is 6.23. The smallest absolute Gasteiger partial charge is 0.143 e. The zero-order valence-corrected chi connectivity index (χ0v) is 27.6. The van der Waals surface area contributed by atoms with E-state index in [0.717, 1.165) is 44.4 Å². The maximum atomic E-state index is 6.33. The van der Waals surface area contributed by atoms with Crippen LogP contribution < -0.4 is 0 Å². The minimum Gasteiger partial charge on any atom is -0.455 e. The average molecular weight is 651 g/mol. The second kappa shape index (κ2) is 10.8. The molecule has 0 N–H and O–H groups in total. The Bertz CT molecular complexity index is 3100. The van der Waals surface area contributed by atoms with E-state index in [1.54, 1.807) is 0 Å². The first-order valence-electron chi connectivity index (χ1n) is 17.4. The van der Waals surface area contributed by atoms with E-state index in [-0.39, 0.29) is 0 Å². The molecule has 3 aromatic heterocycles. The standard InChI is InChI=1S/C48H30N2O/c1-2-11-34(12-3-1)49-43-18-7-4-13-37(43)40-29-30-41-38-14-5-8-19-44(38)50(47(41)46(40)49)35-27-25-32(26-28-35)31-21-23-33(24-22-31)36-16-10-17-42-39-15-6-9-20-45(39)51-48(36)42/h1-30H. The Balaban J connectivity index is 1.06. The van der Waals surface area contributed by atoms with Crippen LogP contribution in [0.15, 0.2) is 186 Å². The van der Waals surface area contributed by atoms with Gasteiger partial charge in [-0.05, 0) is 59.2 Å². The van der Waals surface area contributed by atoms with Crippen molar-refractivity contribution in [1.29, 1.82) is 0 Å². The maximum absolute atomic E-state index is 6.33. The fourth-order valence-electron chi connectivity index (χ4n) is 8.23. The molecule has 0 radical (unpaired) electrons. The Morgan fingerprint density at radius 3 is 1.45 bits per heavy atom. The van der Waals surface area contributed by atoms with Crippen LogP contribution in [-0.2, 0) is 0 Å². The van der Waals surface area contributed by atoms with Crippen molar-refractivity contribution in [2.45, 2.75) is 0 Å². The van der Waals surface area contributed by atoms with Gasteiger partial charge in [-0.1, -0.05) is 140 Å². The monoisotopic (exact) mass is 650 g/mol. The highest BCUT2D eigenvalue weighted by Crippen LogP contribution is 2.42. The van der Waals surface area contributed by atoms with E-state index in [1.807, 2.05) is 12.1 Å². The van der Waals surface area contributed by atoms with Crippen molar-refractivity contribution in [2.75, 3.05) is 0 Å². The third kappa shape index (κ3) is 4.12. The fourth-order valence-corrected chi connectivity index (χ4v) is 8.23. The molecule has 0 bridgehead atoms. The number of furan rings is 1. The molecule has 0 spiro atoms. The van der Waals surface area contributed by atoms with Crippen LogP contribution in [0.25, 0.3) is 99.2 Å². The van der Waals surface area contributed by atoms with Crippen LogP contribution in [0, 0.1) is 0 Å². The molecule has 51 heavy (non-hydrogen) atoms. The highest BCUT2D eigenvalue weighted by atomic mass is 16.3. The Labute approximate surface area is 293 Å². The molecule has 0 saturated heterocycles. The Morgan fingerprint density at radius 2 is 0.804 bits per heavy atom. The van der Waals surface area contributed by atoms with E-state index in [2.05, 4.69) is 179 Å². The zero-order valence-electron chi connectivity index (χ0n) is 27.6. The first kappa shape index (κ1) is 28.0. The number of rotatable bonds is 4. The second-order valence-corrected chi connectivity index (χ2v) is 13.3. The lowest BCUT2D eigenvalue weighted by molar-refractivity contribution is 0.670. The van der Waals surface area contributed by atoms with Gasteiger partial charge in [0, 0.05) is 49.3 Å². The summed E-state index contributed by atoms with van der Waals surface area (Å²) in [4.78, 5) is 0. The molecule has 11 rings (SSSR count). The van der Waals surface area contributed by atoms with Crippen molar-refractivity contribution >= 4 is 65.6 Å². The fraction of sp³-hybridized carbons (Fsp3) is 0. The molecule has 0 aliphatic carbocycles. The van der Waals surface area contributed by atoms with Gasteiger partial charge in [-0.25, -0.2) is 0 Å². The molecule has 238 valence electrons. The zero-order chi connectivity index (χ0) is 33.5. The summed E-state index contributed by atoms with van der Waals surface area (Å²) in [5.74, 6) is 0. The summed E-state index contributed by atoms with van der Waals surface area (Å²) in [6.45, 7) is 0. The molecular weight excluding hydrogens is 621 g/mol. The molecule has 0 fully saturated rings. The van der Waals surface area contributed by atoms with Gasteiger partial charge in [0.1, 0.15) is 11.2 Å². The third-order valence-corrected chi connectivity index (χ3v) is 10.5. The van der Waals surface area contributed by atoms with Crippen LogP contribution in [0.2, 0.25) is 0 Å². The number of hydrogen-bond donors (Lipinski definition) is 0. The summed E-state index contributed by atoms with van der Waals surface area (Å²) in [7, 11) is 0. The van der Waals surface area contributed by atoms with Crippen LogP contribution in [0.3, 0.4) is 0 Å². The van der Waals surface area contributed by atoms with Gasteiger partial charge in [0.05, 0.1) is 22.1 Å². The van der Waals surface area contributed by atoms with Crippen LogP contribution >= 0.6 is 0 Å². The van der Waals surface area contributed by atoms with E-state index in [0.29, 0.717) is 0 Å². The number of fused-ring (bicyclic) bond motifs is 10. The largest absolute Gasteiger partial charge is 0.455 e. The Morgan fingerprint density at radius 1 is 0.314 bits per heavy atom. The summed E-state index contributed by atoms with van der Waals surface area (Å²) in [5, 5.41) is 7.30. The summed E-state index contributed by atoms with van der Waals surface area (Å²) in [6.07, 6.45) is 0. The van der Waals surface area contributed by atoms with E-state index < -0.39 is 0 Å². The van der Waals surface area contributed by atoms with Gasteiger partial charge in [-0.3, -0.25) is 0 Å². The van der Waals surface area contributed by atoms with E-state index in [9.17, 15) is 0 Å². The Kier molecular flexibility index (Phi) is 5.96. The van der Waals surface area contributed by atoms with Crippen LogP contribution in [0.4, 0.5) is 0 Å². The van der Waals surface area contributed by atoms with Crippen molar-refractivity contribution in [3.05, 3.63) is 182 Å². The molecule has 0 amide bonds. The SMILES string of the molecule is c1ccc(-n2c3ccccc3c3ccc4c5ccccc5n(-c5ccc(-c6ccc(-c7cccc8c7oc7ccccc78)cc6)cc5)c4c32)cc1. The van der Waals surface area contributed by atoms with Gasteiger partial charge in [-0.15, -0.1) is 0 Å². The summed E-state index contributed by atoms with van der Waals surface area (Å²) >= 11 is 0. The van der Waals surface area contributed by atoms with Crippen LogP contribution in [-0.4, -0.2) is 9.13 Å². The molecule has 0 aliphatic heterocycles. The third-order valence-electron chi connectivity index (χ3n) is 10.5. The topological polar surface area (TPSA) is 23.0 Å². The minimum atomic E-state index is 0.919. The van der Waals surface area contributed by atoms with Crippen molar-refractivity contribution in [2.24, 2.45) is 0 Å². The van der Waals surface area contributed by atoms with Crippen LogP contribution in [0.5, 0.6) is 0 Å². The van der Waals surface area contributed by atoms with E-state index >= 15 is 0 Å². The summed E-state index contributed by atoms with van der Waals surface area (Å²) < 4.78 is 11.2. The molecule has 8 aromatic carbocycles. The maximum Gasteiger partial charge on any atom is 0.143 e. The molecule has 0 unspecified atom stereocenters. The number of aromatic nitrogens is 2. The van der Waals surface area contributed by atoms with Crippen LogP contribution in [0.1, 0.15) is 0 Å². The number of benzene rings is 8. The van der Waals surface area contributed by atoms with E-state index in [1.165, 1.54) is 54.7 Å². The molecule has 0 saturated carbocycles. The van der Waals surface area contributed by atoms with Gasteiger partial charge in [0.25, 0.3) is 0 Å². The predicted molar refractivity (Wildman–Crippen MR) is 213 cm³/mol. The second-order valence-electron chi connectivity index (χ2n) is 13.3. The first-order chi connectivity index (χ1) is 25.3. The van der Waals surface area contributed by atoms with Crippen molar-refractivity contribution in [3.8, 4) is 33.6 Å². The van der Waals surface area contributed by atoms with Gasteiger partial charge < -0.3 is 13.6 Å².